The van der Waals surface area contributed by atoms with Gasteiger partial charge in [-0.2, -0.15) is 0 Å². The van der Waals surface area contributed by atoms with Crippen LogP contribution >= 0.6 is 0 Å². The summed E-state index contributed by atoms with van der Waals surface area (Å²) in [7, 11) is 0. The summed E-state index contributed by atoms with van der Waals surface area (Å²) < 4.78 is 0. The molecule has 1 atom stereocenters. The molecule has 1 fully saturated rings. The predicted octanol–water partition coefficient (Wildman–Crippen LogP) is 2.56. The fourth-order valence-electron chi connectivity index (χ4n) is 2.78. The number of piperidine rings is 1. The Morgan fingerprint density at radius 3 is 2.90 bits per heavy atom. The third-order valence-corrected chi connectivity index (χ3v) is 3.73. The molecular formula is C15H17N3O2. The maximum absolute atomic E-state index is 11.2. The molecule has 104 valence electrons. The van der Waals surface area contributed by atoms with Crippen molar-refractivity contribution in [3.05, 3.63) is 30.1 Å². The first-order valence-corrected chi connectivity index (χ1v) is 6.90. The van der Waals surface area contributed by atoms with Gasteiger partial charge in [0.2, 0.25) is 5.82 Å². The predicted molar refractivity (Wildman–Crippen MR) is 77.1 cm³/mol. The van der Waals surface area contributed by atoms with E-state index in [1.807, 2.05) is 24.3 Å². The lowest BCUT2D eigenvalue weighted by molar-refractivity contribution is 0.0684. The Morgan fingerprint density at radius 1 is 1.35 bits per heavy atom. The highest BCUT2D eigenvalue weighted by Gasteiger charge is 2.21. The number of benzene rings is 1. The second-order valence-corrected chi connectivity index (χ2v) is 5.39. The van der Waals surface area contributed by atoms with E-state index < -0.39 is 5.97 Å². The quantitative estimate of drug-likeness (QED) is 0.909. The minimum atomic E-state index is -1.08. The van der Waals surface area contributed by atoms with E-state index in [1.165, 1.54) is 6.42 Å². The van der Waals surface area contributed by atoms with Crippen molar-refractivity contribution >= 4 is 22.7 Å². The summed E-state index contributed by atoms with van der Waals surface area (Å²) in [4.78, 5) is 21.8. The van der Waals surface area contributed by atoms with E-state index in [2.05, 4.69) is 21.8 Å². The molecule has 5 nitrogen and oxygen atoms in total. The molecule has 0 saturated carbocycles. The summed E-state index contributed by atoms with van der Waals surface area (Å²) in [6.45, 7) is 4.05. The summed E-state index contributed by atoms with van der Waals surface area (Å²) >= 11 is 0. The highest BCUT2D eigenvalue weighted by atomic mass is 16.4. The maximum atomic E-state index is 11.2. The van der Waals surface area contributed by atoms with Crippen molar-refractivity contribution in [1.29, 1.82) is 0 Å². The first kappa shape index (κ1) is 12.8. The van der Waals surface area contributed by atoms with Crippen LogP contribution in [0.3, 0.4) is 0 Å². The van der Waals surface area contributed by atoms with Crippen LogP contribution in [0.15, 0.2) is 24.3 Å². The van der Waals surface area contributed by atoms with Gasteiger partial charge in [0.1, 0.15) is 5.82 Å². The minimum absolute atomic E-state index is 0.128. The number of hydrogen-bond acceptors (Lipinski definition) is 4. The first-order chi connectivity index (χ1) is 9.65. The van der Waals surface area contributed by atoms with E-state index in [0.29, 0.717) is 11.4 Å². The second-order valence-electron chi connectivity index (χ2n) is 5.39. The molecule has 1 aliphatic heterocycles. The normalized spacial score (nSPS) is 19.2. The van der Waals surface area contributed by atoms with E-state index in [0.717, 1.165) is 30.7 Å². The van der Waals surface area contributed by atoms with E-state index in [9.17, 15) is 9.90 Å². The minimum Gasteiger partial charge on any atom is -0.475 e. The van der Waals surface area contributed by atoms with Crippen molar-refractivity contribution in [1.82, 2.24) is 9.97 Å². The molecule has 0 bridgehead atoms. The van der Waals surface area contributed by atoms with Crippen LogP contribution in [-0.2, 0) is 0 Å². The highest BCUT2D eigenvalue weighted by molar-refractivity contribution is 5.93. The van der Waals surface area contributed by atoms with Crippen molar-refractivity contribution < 1.29 is 9.90 Å². The summed E-state index contributed by atoms with van der Waals surface area (Å²) in [5, 5.41) is 10.1. The zero-order valence-electron chi connectivity index (χ0n) is 11.4. The van der Waals surface area contributed by atoms with Crippen LogP contribution in [0.1, 0.15) is 30.4 Å². The molecule has 5 heteroatoms. The smallest absolute Gasteiger partial charge is 0.374 e. The van der Waals surface area contributed by atoms with Gasteiger partial charge in [-0.3, -0.25) is 0 Å². The largest absolute Gasteiger partial charge is 0.475 e. The van der Waals surface area contributed by atoms with Gasteiger partial charge in [0.25, 0.3) is 0 Å². The first-order valence-electron chi connectivity index (χ1n) is 6.90. The van der Waals surface area contributed by atoms with Gasteiger partial charge in [-0.25, -0.2) is 14.8 Å². The van der Waals surface area contributed by atoms with Crippen molar-refractivity contribution in [2.45, 2.75) is 19.8 Å². The molecule has 0 amide bonds. The standard InChI is InChI=1S/C15H17N3O2/c1-10-5-4-8-18(9-10)14-11-6-2-3-7-12(11)16-13(17-14)15(19)20/h2-3,6-7,10H,4-5,8-9H2,1H3,(H,19,20). The van der Waals surface area contributed by atoms with Crippen LogP contribution in [-0.4, -0.2) is 34.1 Å². The Hall–Kier alpha value is -2.17. The van der Waals surface area contributed by atoms with Crippen LogP contribution < -0.4 is 4.90 Å². The van der Waals surface area contributed by atoms with Gasteiger partial charge in [0.15, 0.2) is 0 Å². The van der Waals surface area contributed by atoms with Crippen molar-refractivity contribution in [2.24, 2.45) is 5.92 Å². The van der Waals surface area contributed by atoms with Gasteiger partial charge in [0, 0.05) is 18.5 Å². The Morgan fingerprint density at radius 2 is 2.15 bits per heavy atom. The summed E-state index contributed by atoms with van der Waals surface area (Å²) in [5.41, 5.74) is 0.688. The summed E-state index contributed by atoms with van der Waals surface area (Å²) in [6, 6.07) is 7.59. The second kappa shape index (κ2) is 5.07. The Kier molecular flexibility index (Phi) is 3.26. The zero-order chi connectivity index (χ0) is 14.1. The van der Waals surface area contributed by atoms with Crippen LogP contribution in [0.4, 0.5) is 5.82 Å². The van der Waals surface area contributed by atoms with Gasteiger partial charge < -0.3 is 10.0 Å². The number of hydrogen-bond donors (Lipinski definition) is 1. The molecular weight excluding hydrogens is 254 g/mol. The molecule has 1 unspecified atom stereocenters. The Balaban J connectivity index is 2.14. The highest BCUT2D eigenvalue weighted by Crippen LogP contribution is 2.27. The van der Waals surface area contributed by atoms with Crippen LogP contribution in [0.5, 0.6) is 0 Å². The van der Waals surface area contributed by atoms with Crippen molar-refractivity contribution in [3.63, 3.8) is 0 Å². The maximum Gasteiger partial charge on any atom is 0.374 e. The number of rotatable bonds is 2. The summed E-state index contributed by atoms with van der Waals surface area (Å²) in [5.74, 6) is 0.143. The number of fused-ring (bicyclic) bond motifs is 1. The summed E-state index contributed by atoms with van der Waals surface area (Å²) in [6.07, 6.45) is 2.33. The Bertz CT molecular complexity index is 657. The molecule has 3 rings (SSSR count). The van der Waals surface area contributed by atoms with Crippen LogP contribution in [0.25, 0.3) is 10.9 Å². The average molecular weight is 271 g/mol. The molecule has 1 saturated heterocycles. The Labute approximate surface area is 117 Å². The molecule has 0 radical (unpaired) electrons. The van der Waals surface area contributed by atoms with Crippen LogP contribution in [0, 0.1) is 5.92 Å². The number of aromatic carboxylic acids is 1. The average Bonchev–Trinajstić information content (AvgIpc) is 2.46. The lowest BCUT2D eigenvalue weighted by Crippen LogP contribution is -2.35. The van der Waals surface area contributed by atoms with E-state index in [-0.39, 0.29) is 5.82 Å². The number of carboxylic acid groups (broad SMARTS) is 1. The number of carbonyl (C=O) groups is 1. The van der Waals surface area contributed by atoms with Gasteiger partial charge in [-0.05, 0) is 30.9 Å². The van der Waals surface area contributed by atoms with Gasteiger partial charge in [-0.15, -0.1) is 0 Å². The monoisotopic (exact) mass is 271 g/mol. The molecule has 0 aliphatic carbocycles. The van der Waals surface area contributed by atoms with Crippen molar-refractivity contribution in [3.8, 4) is 0 Å². The van der Waals surface area contributed by atoms with E-state index in [1.54, 1.807) is 0 Å². The van der Waals surface area contributed by atoms with Gasteiger partial charge >= 0.3 is 5.97 Å². The molecule has 2 heterocycles. The number of aromatic nitrogens is 2. The van der Waals surface area contributed by atoms with E-state index >= 15 is 0 Å². The van der Waals surface area contributed by atoms with Crippen LogP contribution in [0.2, 0.25) is 0 Å². The van der Waals surface area contributed by atoms with Gasteiger partial charge in [0.05, 0.1) is 5.52 Å². The third-order valence-electron chi connectivity index (χ3n) is 3.73. The fraction of sp³-hybridized carbons (Fsp3) is 0.400. The molecule has 20 heavy (non-hydrogen) atoms. The molecule has 1 N–H and O–H groups in total. The number of nitrogens with zero attached hydrogens (tertiary/aromatic N) is 3. The third kappa shape index (κ3) is 2.31. The number of para-hydroxylation sites is 1. The number of carboxylic acids is 1. The topological polar surface area (TPSA) is 66.3 Å². The molecule has 0 spiro atoms. The molecule has 1 aromatic heterocycles. The van der Waals surface area contributed by atoms with E-state index in [4.69, 9.17) is 0 Å². The SMILES string of the molecule is CC1CCCN(c2nc(C(=O)O)nc3ccccc23)C1. The fourth-order valence-corrected chi connectivity index (χ4v) is 2.78. The lowest BCUT2D eigenvalue weighted by atomic mass is 10.00. The number of anilines is 1. The molecule has 1 aliphatic rings. The van der Waals surface area contributed by atoms with Gasteiger partial charge in [-0.1, -0.05) is 19.1 Å². The zero-order valence-corrected chi connectivity index (χ0v) is 11.4. The molecule has 1 aromatic carbocycles. The molecule has 2 aromatic rings. The lowest BCUT2D eigenvalue weighted by Gasteiger charge is -2.32. The van der Waals surface area contributed by atoms with Crippen molar-refractivity contribution in [2.75, 3.05) is 18.0 Å².